The van der Waals surface area contributed by atoms with Crippen LogP contribution >= 0.6 is 0 Å². The molecule has 1 aliphatic rings. The van der Waals surface area contributed by atoms with Crippen molar-refractivity contribution in [2.45, 2.75) is 58.2 Å². The number of fused-ring (bicyclic) bond motifs is 1. The van der Waals surface area contributed by atoms with Crippen molar-refractivity contribution in [1.82, 2.24) is 34.6 Å². The lowest BCUT2D eigenvalue weighted by Gasteiger charge is -2.20. The third kappa shape index (κ3) is 3.94. The maximum Gasteiger partial charge on any atom is 0.289 e. The van der Waals surface area contributed by atoms with E-state index < -0.39 is 28.6 Å². The van der Waals surface area contributed by atoms with Gasteiger partial charge in [0.1, 0.15) is 11.6 Å². The van der Waals surface area contributed by atoms with Gasteiger partial charge in [-0.3, -0.25) is 14.2 Å². The highest BCUT2D eigenvalue weighted by molar-refractivity contribution is 5.93. The first-order valence-corrected chi connectivity index (χ1v) is 11.7. The van der Waals surface area contributed by atoms with Crippen LogP contribution in [0, 0.1) is 11.6 Å². The second kappa shape index (κ2) is 8.58. The van der Waals surface area contributed by atoms with E-state index in [1.54, 1.807) is 10.9 Å². The first-order valence-electron chi connectivity index (χ1n) is 11.7. The zero-order valence-corrected chi connectivity index (χ0v) is 20.3. The zero-order chi connectivity index (χ0) is 25.8. The van der Waals surface area contributed by atoms with Crippen LogP contribution in [0.15, 0.2) is 41.8 Å². The van der Waals surface area contributed by atoms with E-state index in [9.17, 15) is 9.59 Å². The van der Waals surface area contributed by atoms with Crippen molar-refractivity contribution in [2.75, 3.05) is 0 Å². The van der Waals surface area contributed by atoms with Crippen LogP contribution < -0.4 is 10.9 Å². The van der Waals surface area contributed by atoms with Crippen LogP contribution in [-0.2, 0) is 5.54 Å². The van der Waals surface area contributed by atoms with E-state index in [1.807, 2.05) is 27.7 Å². The summed E-state index contributed by atoms with van der Waals surface area (Å²) in [6, 6.07) is 2.08. The molecule has 11 heteroatoms. The number of nitrogens with zero attached hydrogens (tertiary/aromatic N) is 6. The number of carbonyl (C=O) groups excluding carboxylic acids is 1. The van der Waals surface area contributed by atoms with Gasteiger partial charge in [0.15, 0.2) is 5.65 Å². The second-order valence-electron chi connectivity index (χ2n) is 9.62. The number of benzene rings is 1. The smallest absolute Gasteiger partial charge is 0.289 e. The number of hydrogen-bond acceptors (Lipinski definition) is 6. The lowest BCUT2D eigenvalue weighted by atomic mass is 9.98. The normalized spacial score (nSPS) is 14.6. The van der Waals surface area contributed by atoms with E-state index in [-0.39, 0.29) is 34.6 Å². The molecule has 0 saturated heterocycles. The van der Waals surface area contributed by atoms with Gasteiger partial charge in [-0.25, -0.2) is 28.4 Å². The van der Waals surface area contributed by atoms with E-state index in [4.69, 9.17) is 0 Å². The van der Waals surface area contributed by atoms with Crippen molar-refractivity contribution in [3.8, 4) is 11.1 Å². The van der Waals surface area contributed by atoms with E-state index in [1.165, 1.54) is 23.3 Å². The van der Waals surface area contributed by atoms with Crippen molar-refractivity contribution in [1.29, 1.82) is 0 Å². The zero-order valence-electron chi connectivity index (χ0n) is 20.3. The molecule has 3 aromatic heterocycles. The fourth-order valence-electron chi connectivity index (χ4n) is 4.34. The topological polar surface area (TPSA) is 108 Å². The maximum absolute atomic E-state index is 15.3. The number of hydrogen-bond donors (Lipinski definition) is 1. The molecule has 5 rings (SSSR count). The summed E-state index contributed by atoms with van der Waals surface area (Å²) in [7, 11) is 0. The van der Waals surface area contributed by atoms with E-state index >= 15 is 8.78 Å². The van der Waals surface area contributed by atoms with Crippen LogP contribution in [0.1, 0.15) is 68.8 Å². The predicted octanol–water partition coefficient (Wildman–Crippen LogP) is 3.91. The molecule has 1 aromatic carbocycles. The lowest BCUT2D eigenvalue weighted by molar-refractivity contribution is 0.0919. The molecule has 0 atom stereocenters. The Morgan fingerprint density at radius 2 is 1.75 bits per heavy atom. The van der Waals surface area contributed by atoms with Gasteiger partial charge in [0.2, 0.25) is 5.82 Å². The summed E-state index contributed by atoms with van der Waals surface area (Å²) in [5.41, 5.74) is -1.18. The molecule has 0 spiro atoms. The number of aromatic nitrogens is 6. The monoisotopic (exact) mass is 493 g/mol. The number of halogens is 2. The summed E-state index contributed by atoms with van der Waals surface area (Å²) in [6.45, 7) is 7.50. The van der Waals surface area contributed by atoms with Crippen molar-refractivity contribution in [3.05, 3.63) is 70.4 Å². The fraction of sp³-hybridized carbons (Fsp3) is 0.360. The van der Waals surface area contributed by atoms with Gasteiger partial charge in [-0.15, -0.1) is 0 Å². The van der Waals surface area contributed by atoms with Gasteiger partial charge in [-0.1, -0.05) is 0 Å². The Kier molecular flexibility index (Phi) is 5.65. The molecule has 1 saturated carbocycles. The fourth-order valence-corrected chi connectivity index (χ4v) is 4.34. The predicted molar refractivity (Wildman–Crippen MR) is 128 cm³/mol. The summed E-state index contributed by atoms with van der Waals surface area (Å²) >= 11 is 0. The number of carbonyl (C=O) groups is 1. The molecule has 4 aromatic rings. The van der Waals surface area contributed by atoms with Gasteiger partial charge in [0, 0.05) is 30.0 Å². The molecule has 36 heavy (non-hydrogen) atoms. The van der Waals surface area contributed by atoms with Gasteiger partial charge in [-0.05, 0) is 58.2 Å². The minimum Gasteiger partial charge on any atom is -0.340 e. The Morgan fingerprint density at radius 3 is 2.36 bits per heavy atom. The van der Waals surface area contributed by atoms with Crippen LogP contribution in [0.3, 0.4) is 0 Å². The first-order chi connectivity index (χ1) is 17.1. The van der Waals surface area contributed by atoms with Gasteiger partial charge in [-0.2, -0.15) is 5.10 Å². The highest BCUT2D eigenvalue weighted by Crippen LogP contribution is 2.48. The first kappa shape index (κ1) is 23.7. The lowest BCUT2D eigenvalue weighted by Crippen LogP contribution is -2.37. The minimum absolute atomic E-state index is 0.0225. The van der Waals surface area contributed by atoms with E-state index in [0.717, 1.165) is 12.1 Å². The van der Waals surface area contributed by atoms with Crippen molar-refractivity contribution >= 4 is 16.9 Å². The molecule has 0 unspecified atom stereocenters. The molecule has 1 N–H and O–H groups in total. The third-order valence-corrected chi connectivity index (χ3v) is 6.38. The molecule has 0 radical (unpaired) electrons. The van der Waals surface area contributed by atoms with E-state index in [0.29, 0.717) is 23.9 Å². The number of amides is 1. The quantitative estimate of drug-likeness (QED) is 0.436. The van der Waals surface area contributed by atoms with E-state index in [2.05, 4.69) is 25.4 Å². The summed E-state index contributed by atoms with van der Waals surface area (Å²) in [6.07, 6.45) is 6.50. The molecule has 1 fully saturated rings. The average Bonchev–Trinajstić information content (AvgIpc) is 3.44. The molecule has 9 nitrogen and oxygen atoms in total. The van der Waals surface area contributed by atoms with Crippen molar-refractivity contribution in [2.24, 2.45) is 0 Å². The third-order valence-electron chi connectivity index (χ3n) is 6.38. The Morgan fingerprint density at radius 1 is 1.06 bits per heavy atom. The molecular formula is C25H25F2N7O2. The van der Waals surface area contributed by atoms with Crippen LogP contribution in [-0.4, -0.2) is 35.2 Å². The highest BCUT2D eigenvalue weighted by atomic mass is 19.1. The summed E-state index contributed by atoms with van der Waals surface area (Å²) in [5.74, 6) is -2.45. The molecule has 0 bridgehead atoms. The Hall–Kier alpha value is -4.02. The summed E-state index contributed by atoms with van der Waals surface area (Å²) in [4.78, 5) is 38.3. The van der Waals surface area contributed by atoms with Gasteiger partial charge < -0.3 is 5.32 Å². The Bertz CT molecular complexity index is 1530. The van der Waals surface area contributed by atoms with Crippen LogP contribution in [0.2, 0.25) is 0 Å². The van der Waals surface area contributed by atoms with Crippen LogP contribution in [0.4, 0.5) is 8.78 Å². The average molecular weight is 494 g/mol. The van der Waals surface area contributed by atoms with Gasteiger partial charge >= 0.3 is 0 Å². The Labute approximate surface area is 205 Å². The van der Waals surface area contributed by atoms with Crippen LogP contribution in [0.25, 0.3) is 22.2 Å². The molecule has 1 amide bonds. The van der Waals surface area contributed by atoms with Crippen molar-refractivity contribution < 1.29 is 13.6 Å². The summed E-state index contributed by atoms with van der Waals surface area (Å²) in [5, 5.41) is 7.67. The van der Waals surface area contributed by atoms with Crippen molar-refractivity contribution in [3.63, 3.8) is 0 Å². The molecule has 3 heterocycles. The standard InChI is InChI=1S/C25H25F2N7O2/c1-13(2)33-12-28-11-17(24(33)36)15-7-18(26)20(19(27)8-15)25(5-6-25)32-23(35)21-29-9-16-10-30-34(14(3)4)22(16)31-21/h7-14H,5-6H2,1-4H3,(H,32,35). The second-order valence-corrected chi connectivity index (χ2v) is 9.62. The SMILES string of the molecule is CC(C)n1cncc(-c2cc(F)c(C3(NC(=O)c4ncc5cnn(C(C)C)c5n4)CC3)c(F)c2)c1=O. The van der Waals surface area contributed by atoms with Gasteiger partial charge in [0.25, 0.3) is 11.5 Å². The number of nitrogens with one attached hydrogen (secondary N) is 1. The minimum atomic E-state index is -1.21. The molecule has 0 aliphatic heterocycles. The molecular weight excluding hydrogens is 468 g/mol. The highest BCUT2D eigenvalue weighted by Gasteiger charge is 2.50. The van der Waals surface area contributed by atoms with Crippen LogP contribution in [0.5, 0.6) is 0 Å². The number of rotatable bonds is 6. The molecule has 186 valence electrons. The van der Waals surface area contributed by atoms with Gasteiger partial charge in [0.05, 0.1) is 29.0 Å². The summed E-state index contributed by atoms with van der Waals surface area (Å²) < 4.78 is 33.7. The largest absolute Gasteiger partial charge is 0.340 e. The Balaban J connectivity index is 1.47. The maximum atomic E-state index is 15.3. The molecule has 1 aliphatic carbocycles.